The smallest absolute Gasteiger partial charge is 0.127 e. The van der Waals surface area contributed by atoms with Crippen molar-refractivity contribution in [2.45, 2.75) is 50.7 Å². The molecule has 0 amide bonds. The van der Waals surface area contributed by atoms with E-state index in [0.717, 1.165) is 18.7 Å². The molecule has 1 aromatic carbocycles. The van der Waals surface area contributed by atoms with Gasteiger partial charge in [-0.2, -0.15) is 0 Å². The Hall–Kier alpha value is -0.930. The normalized spacial score (nSPS) is 24.9. The molecule has 1 saturated heterocycles. The van der Waals surface area contributed by atoms with Crippen molar-refractivity contribution < 1.29 is 4.39 Å². The van der Waals surface area contributed by atoms with Gasteiger partial charge in [0.2, 0.25) is 0 Å². The third kappa shape index (κ3) is 2.98. The van der Waals surface area contributed by atoms with Crippen molar-refractivity contribution in [3.8, 4) is 0 Å². The number of hydrogen-bond donors (Lipinski definition) is 1. The standard InChI is InChI=1S/C16H23FN2/c1-12(15-6-2-3-7-16(15)17)19(14-8-9-14)11-13-5-4-10-18-13/h2-3,6-7,12-14,18H,4-5,8-11H2,1H3. The first kappa shape index (κ1) is 13.1. The van der Waals surface area contributed by atoms with E-state index in [1.165, 1.54) is 25.7 Å². The molecule has 0 bridgehead atoms. The third-order valence-electron chi connectivity index (χ3n) is 4.46. The lowest BCUT2D eigenvalue weighted by Crippen LogP contribution is -2.40. The van der Waals surface area contributed by atoms with Gasteiger partial charge in [0, 0.05) is 30.2 Å². The topological polar surface area (TPSA) is 15.3 Å². The van der Waals surface area contributed by atoms with Gasteiger partial charge in [-0.05, 0) is 45.2 Å². The predicted octanol–water partition coefficient (Wildman–Crippen LogP) is 3.10. The van der Waals surface area contributed by atoms with E-state index in [2.05, 4.69) is 17.1 Å². The van der Waals surface area contributed by atoms with Crippen LogP contribution in [-0.4, -0.2) is 30.1 Å². The minimum atomic E-state index is -0.0694. The van der Waals surface area contributed by atoms with E-state index in [0.29, 0.717) is 12.1 Å². The first-order chi connectivity index (χ1) is 9.25. The lowest BCUT2D eigenvalue weighted by Gasteiger charge is -2.32. The van der Waals surface area contributed by atoms with Gasteiger partial charge in [-0.25, -0.2) is 4.39 Å². The average Bonchev–Trinajstić information content (AvgIpc) is 3.13. The van der Waals surface area contributed by atoms with Crippen molar-refractivity contribution in [1.82, 2.24) is 10.2 Å². The Balaban J connectivity index is 1.73. The summed E-state index contributed by atoms with van der Waals surface area (Å²) in [5, 5.41) is 3.56. The molecular formula is C16H23FN2. The summed E-state index contributed by atoms with van der Waals surface area (Å²) >= 11 is 0. The Morgan fingerprint density at radius 3 is 2.74 bits per heavy atom. The molecule has 2 nitrogen and oxygen atoms in total. The molecule has 3 rings (SSSR count). The van der Waals surface area contributed by atoms with Gasteiger partial charge >= 0.3 is 0 Å². The Morgan fingerprint density at radius 2 is 2.11 bits per heavy atom. The van der Waals surface area contributed by atoms with Crippen LogP contribution < -0.4 is 5.32 Å². The molecule has 0 aromatic heterocycles. The molecule has 1 heterocycles. The van der Waals surface area contributed by atoms with Crippen molar-refractivity contribution in [3.05, 3.63) is 35.6 Å². The van der Waals surface area contributed by atoms with E-state index >= 15 is 0 Å². The first-order valence-electron chi connectivity index (χ1n) is 7.49. The summed E-state index contributed by atoms with van der Waals surface area (Å²) < 4.78 is 14.0. The van der Waals surface area contributed by atoms with Crippen LogP contribution in [0.15, 0.2) is 24.3 Å². The fraction of sp³-hybridized carbons (Fsp3) is 0.625. The first-order valence-corrected chi connectivity index (χ1v) is 7.49. The van der Waals surface area contributed by atoms with E-state index in [9.17, 15) is 4.39 Å². The third-order valence-corrected chi connectivity index (χ3v) is 4.46. The summed E-state index contributed by atoms with van der Waals surface area (Å²) in [4.78, 5) is 2.50. The monoisotopic (exact) mass is 262 g/mol. The van der Waals surface area contributed by atoms with Gasteiger partial charge in [-0.3, -0.25) is 4.90 Å². The lowest BCUT2D eigenvalue weighted by atomic mass is 10.0. The van der Waals surface area contributed by atoms with Crippen LogP contribution in [-0.2, 0) is 0 Å². The van der Waals surface area contributed by atoms with Crippen molar-refractivity contribution in [3.63, 3.8) is 0 Å². The molecule has 104 valence electrons. The summed E-state index contributed by atoms with van der Waals surface area (Å²) in [5.74, 6) is -0.0694. The molecule has 1 saturated carbocycles. The lowest BCUT2D eigenvalue weighted by molar-refractivity contribution is 0.179. The Bertz CT molecular complexity index is 425. The quantitative estimate of drug-likeness (QED) is 0.877. The largest absolute Gasteiger partial charge is 0.313 e. The van der Waals surface area contributed by atoms with Gasteiger partial charge in [0.1, 0.15) is 5.82 Å². The zero-order valence-corrected chi connectivity index (χ0v) is 11.6. The fourth-order valence-electron chi connectivity index (χ4n) is 3.19. The van der Waals surface area contributed by atoms with Crippen molar-refractivity contribution >= 4 is 0 Å². The zero-order valence-electron chi connectivity index (χ0n) is 11.6. The summed E-state index contributed by atoms with van der Waals surface area (Å²) in [6.07, 6.45) is 5.07. The Labute approximate surface area is 115 Å². The fourth-order valence-corrected chi connectivity index (χ4v) is 3.19. The highest BCUT2D eigenvalue weighted by molar-refractivity contribution is 5.21. The van der Waals surface area contributed by atoms with Gasteiger partial charge < -0.3 is 5.32 Å². The van der Waals surface area contributed by atoms with E-state index in [-0.39, 0.29) is 11.9 Å². The van der Waals surface area contributed by atoms with Crippen LogP contribution in [0, 0.1) is 5.82 Å². The van der Waals surface area contributed by atoms with Crippen LogP contribution in [0.3, 0.4) is 0 Å². The van der Waals surface area contributed by atoms with E-state index in [1.54, 1.807) is 12.1 Å². The van der Waals surface area contributed by atoms with Crippen LogP contribution in [0.2, 0.25) is 0 Å². The molecule has 1 aliphatic heterocycles. The molecule has 19 heavy (non-hydrogen) atoms. The molecule has 0 radical (unpaired) electrons. The number of nitrogens with one attached hydrogen (secondary N) is 1. The van der Waals surface area contributed by atoms with E-state index < -0.39 is 0 Å². The summed E-state index contributed by atoms with van der Waals surface area (Å²) in [5.41, 5.74) is 0.840. The van der Waals surface area contributed by atoms with Crippen LogP contribution in [0.5, 0.6) is 0 Å². The summed E-state index contributed by atoms with van der Waals surface area (Å²) in [7, 11) is 0. The van der Waals surface area contributed by atoms with Crippen molar-refractivity contribution in [2.24, 2.45) is 0 Å². The molecule has 2 atom stereocenters. The van der Waals surface area contributed by atoms with Gasteiger partial charge in [0.15, 0.2) is 0 Å². The maximum atomic E-state index is 14.0. The molecule has 2 fully saturated rings. The van der Waals surface area contributed by atoms with E-state index in [1.807, 2.05) is 12.1 Å². The Kier molecular flexibility index (Phi) is 3.85. The second kappa shape index (κ2) is 5.59. The van der Waals surface area contributed by atoms with Gasteiger partial charge in [-0.15, -0.1) is 0 Å². The molecule has 3 heteroatoms. The summed E-state index contributed by atoms with van der Waals surface area (Å²) in [6, 6.07) is 8.64. The van der Waals surface area contributed by atoms with E-state index in [4.69, 9.17) is 0 Å². The number of halogens is 1. The second-order valence-corrected chi connectivity index (χ2v) is 5.92. The highest BCUT2D eigenvalue weighted by Crippen LogP contribution is 2.35. The maximum absolute atomic E-state index is 14.0. The number of nitrogens with zero attached hydrogens (tertiary/aromatic N) is 1. The zero-order chi connectivity index (χ0) is 13.2. The predicted molar refractivity (Wildman–Crippen MR) is 75.6 cm³/mol. The average molecular weight is 262 g/mol. The molecule has 1 aliphatic carbocycles. The molecule has 2 aliphatic rings. The molecule has 0 spiro atoms. The van der Waals surface area contributed by atoms with Crippen LogP contribution in [0.1, 0.15) is 44.2 Å². The van der Waals surface area contributed by atoms with Gasteiger partial charge in [-0.1, -0.05) is 18.2 Å². The number of hydrogen-bond acceptors (Lipinski definition) is 2. The number of benzene rings is 1. The van der Waals surface area contributed by atoms with Crippen molar-refractivity contribution in [2.75, 3.05) is 13.1 Å². The molecule has 2 unspecified atom stereocenters. The van der Waals surface area contributed by atoms with Crippen LogP contribution in [0.25, 0.3) is 0 Å². The maximum Gasteiger partial charge on any atom is 0.127 e. The van der Waals surface area contributed by atoms with Crippen molar-refractivity contribution in [1.29, 1.82) is 0 Å². The van der Waals surface area contributed by atoms with Gasteiger partial charge in [0.25, 0.3) is 0 Å². The SMILES string of the molecule is CC(c1ccccc1F)N(CC1CCCN1)C1CC1. The van der Waals surface area contributed by atoms with Crippen LogP contribution >= 0.6 is 0 Å². The Morgan fingerprint density at radius 1 is 1.32 bits per heavy atom. The number of rotatable bonds is 5. The molecular weight excluding hydrogens is 239 g/mol. The molecule has 1 N–H and O–H groups in total. The minimum absolute atomic E-state index is 0.0694. The minimum Gasteiger partial charge on any atom is -0.313 e. The summed E-state index contributed by atoms with van der Waals surface area (Å²) in [6.45, 7) is 4.34. The molecule has 1 aromatic rings. The highest BCUT2D eigenvalue weighted by atomic mass is 19.1. The van der Waals surface area contributed by atoms with Crippen LogP contribution in [0.4, 0.5) is 4.39 Å². The van der Waals surface area contributed by atoms with Gasteiger partial charge in [0.05, 0.1) is 0 Å². The highest BCUT2D eigenvalue weighted by Gasteiger charge is 2.35. The second-order valence-electron chi connectivity index (χ2n) is 5.92.